The molecule has 0 aliphatic rings. The lowest BCUT2D eigenvalue weighted by Gasteiger charge is -2.12. The normalized spacial score (nSPS) is 11.2. The van der Waals surface area contributed by atoms with Gasteiger partial charge in [-0.3, -0.25) is 9.69 Å². The fourth-order valence-corrected chi connectivity index (χ4v) is 5.05. The number of benzene rings is 1. The van der Waals surface area contributed by atoms with Gasteiger partial charge in [0.15, 0.2) is 10.9 Å². The van der Waals surface area contributed by atoms with Crippen LogP contribution in [0.1, 0.15) is 21.8 Å². The van der Waals surface area contributed by atoms with Gasteiger partial charge in [-0.2, -0.15) is 0 Å². The molecule has 0 saturated heterocycles. The number of rotatable bonds is 5. The maximum atomic E-state index is 13.0. The maximum Gasteiger partial charge on any atom is 0.295 e. The Balaban J connectivity index is 1.70. The lowest BCUT2D eigenvalue weighted by molar-refractivity contribution is 0.0967. The SMILES string of the molecule is Cc1csc(SCc2c(C(=O)N(C)c3nccs3)oc3ccccc23)n1. The minimum absolute atomic E-state index is 0.193. The number of anilines is 1. The summed E-state index contributed by atoms with van der Waals surface area (Å²) in [6.07, 6.45) is 1.68. The molecule has 0 radical (unpaired) electrons. The second-order valence-electron chi connectivity index (χ2n) is 5.63. The van der Waals surface area contributed by atoms with Gasteiger partial charge in [0.25, 0.3) is 5.91 Å². The topological polar surface area (TPSA) is 59.2 Å². The number of hydrogen-bond donors (Lipinski definition) is 0. The second kappa shape index (κ2) is 7.22. The molecule has 0 unspecified atom stereocenters. The van der Waals surface area contributed by atoms with E-state index in [1.54, 1.807) is 36.3 Å². The predicted molar refractivity (Wildman–Crippen MR) is 107 cm³/mol. The molecule has 4 aromatic rings. The quantitative estimate of drug-likeness (QED) is 0.429. The minimum Gasteiger partial charge on any atom is -0.451 e. The van der Waals surface area contributed by atoms with Crippen LogP contribution in [0.4, 0.5) is 5.13 Å². The molecule has 0 aliphatic carbocycles. The molecule has 26 heavy (non-hydrogen) atoms. The van der Waals surface area contributed by atoms with Crippen molar-refractivity contribution in [2.75, 3.05) is 11.9 Å². The van der Waals surface area contributed by atoms with E-state index in [1.807, 2.05) is 41.9 Å². The molecule has 1 amide bonds. The predicted octanol–water partition coefficient (Wildman–Crippen LogP) is 5.22. The van der Waals surface area contributed by atoms with Gasteiger partial charge in [0.05, 0.1) is 0 Å². The molecule has 0 bridgehead atoms. The number of carbonyl (C=O) groups is 1. The molecule has 3 aromatic heterocycles. The van der Waals surface area contributed by atoms with E-state index in [0.717, 1.165) is 21.0 Å². The molecule has 0 N–H and O–H groups in total. The first-order valence-corrected chi connectivity index (χ1v) is 10.6. The first-order chi connectivity index (χ1) is 12.6. The van der Waals surface area contributed by atoms with Gasteiger partial charge in [0, 0.05) is 46.4 Å². The number of amides is 1. The van der Waals surface area contributed by atoms with Crippen LogP contribution in [0.5, 0.6) is 0 Å². The van der Waals surface area contributed by atoms with Gasteiger partial charge in [-0.25, -0.2) is 9.97 Å². The Kier molecular flexibility index (Phi) is 4.80. The van der Waals surface area contributed by atoms with Crippen molar-refractivity contribution in [3.05, 3.63) is 58.2 Å². The van der Waals surface area contributed by atoms with Gasteiger partial charge in [0.2, 0.25) is 0 Å². The summed E-state index contributed by atoms with van der Waals surface area (Å²) in [6.45, 7) is 1.98. The Labute approximate surface area is 162 Å². The number of fused-ring (bicyclic) bond motifs is 1. The summed E-state index contributed by atoms with van der Waals surface area (Å²) in [5.41, 5.74) is 2.62. The number of hydrogen-bond acceptors (Lipinski definition) is 7. The van der Waals surface area contributed by atoms with Crippen LogP contribution in [0.3, 0.4) is 0 Å². The van der Waals surface area contributed by atoms with Gasteiger partial charge >= 0.3 is 0 Å². The molecule has 0 aliphatic heterocycles. The zero-order valence-electron chi connectivity index (χ0n) is 14.1. The molecule has 0 fully saturated rings. The van der Waals surface area contributed by atoms with Crippen LogP contribution in [-0.2, 0) is 5.75 Å². The monoisotopic (exact) mass is 401 g/mol. The third-order valence-electron chi connectivity index (χ3n) is 3.84. The van der Waals surface area contributed by atoms with Crippen molar-refractivity contribution in [3.63, 3.8) is 0 Å². The number of furan rings is 1. The van der Waals surface area contributed by atoms with Crippen molar-refractivity contribution in [2.45, 2.75) is 17.0 Å². The van der Waals surface area contributed by atoms with E-state index in [1.165, 1.54) is 16.2 Å². The number of para-hydroxylation sites is 1. The molecular weight excluding hydrogens is 386 g/mol. The molecule has 132 valence electrons. The van der Waals surface area contributed by atoms with E-state index in [4.69, 9.17) is 4.42 Å². The Bertz CT molecular complexity index is 1050. The Morgan fingerprint density at radius 1 is 1.31 bits per heavy atom. The maximum absolute atomic E-state index is 13.0. The van der Waals surface area contributed by atoms with Crippen molar-refractivity contribution in [1.82, 2.24) is 9.97 Å². The van der Waals surface area contributed by atoms with Crippen molar-refractivity contribution in [1.29, 1.82) is 0 Å². The van der Waals surface area contributed by atoms with Crippen molar-refractivity contribution in [2.24, 2.45) is 0 Å². The third-order valence-corrected chi connectivity index (χ3v) is 6.85. The highest BCUT2D eigenvalue weighted by molar-refractivity contribution is 8.00. The average molecular weight is 402 g/mol. The van der Waals surface area contributed by atoms with E-state index in [-0.39, 0.29) is 5.91 Å². The van der Waals surface area contributed by atoms with Gasteiger partial charge in [-0.1, -0.05) is 30.0 Å². The number of nitrogens with zero attached hydrogens (tertiary/aromatic N) is 3. The Morgan fingerprint density at radius 2 is 2.15 bits per heavy atom. The summed E-state index contributed by atoms with van der Waals surface area (Å²) in [7, 11) is 1.72. The van der Waals surface area contributed by atoms with Gasteiger partial charge < -0.3 is 4.42 Å². The van der Waals surface area contributed by atoms with Gasteiger partial charge in [-0.15, -0.1) is 22.7 Å². The van der Waals surface area contributed by atoms with E-state index < -0.39 is 0 Å². The average Bonchev–Trinajstić information content (AvgIpc) is 3.38. The second-order valence-corrected chi connectivity index (χ2v) is 8.58. The van der Waals surface area contributed by atoms with Crippen LogP contribution in [-0.4, -0.2) is 22.9 Å². The van der Waals surface area contributed by atoms with E-state index in [9.17, 15) is 4.79 Å². The molecule has 0 atom stereocenters. The van der Waals surface area contributed by atoms with Crippen LogP contribution in [0.25, 0.3) is 11.0 Å². The molecule has 8 heteroatoms. The van der Waals surface area contributed by atoms with Crippen LogP contribution in [0.2, 0.25) is 0 Å². The van der Waals surface area contributed by atoms with Crippen molar-refractivity contribution in [3.8, 4) is 0 Å². The summed E-state index contributed by atoms with van der Waals surface area (Å²) < 4.78 is 6.91. The standard InChI is InChI=1S/C18H15N3O2S3/c1-11-9-25-18(20-11)26-10-13-12-5-3-4-6-14(12)23-15(13)16(22)21(2)17-19-7-8-24-17/h3-9H,10H2,1-2H3. The van der Waals surface area contributed by atoms with E-state index in [2.05, 4.69) is 9.97 Å². The molecule has 5 nitrogen and oxygen atoms in total. The molecule has 4 rings (SSSR count). The summed E-state index contributed by atoms with van der Waals surface area (Å²) in [5.74, 6) is 0.795. The first-order valence-electron chi connectivity index (χ1n) is 7.86. The zero-order chi connectivity index (χ0) is 18.1. The van der Waals surface area contributed by atoms with Crippen LogP contribution in [0, 0.1) is 6.92 Å². The van der Waals surface area contributed by atoms with E-state index in [0.29, 0.717) is 22.2 Å². The third kappa shape index (κ3) is 3.27. The smallest absolute Gasteiger partial charge is 0.295 e. The summed E-state index contributed by atoms with van der Waals surface area (Å²) in [4.78, 5) is 23.3. The number of aryl methyl sites for hydroxylation is 1. The summed E-state index contributed by atoms with van der Waals surface area (Å²) >= 11 is 4.65. The fraction of sp³-hybridized carbons (Fsp3) is 0.167. The Hall–Kier alpha value is -2.16. The highest BCUT2D eigenvalue weighted by Gasteiger charge is 2.25. The molecule has 3 heterocycles. The van der Waals surface area contributed by atoms with Crippen LogP contribution >= 0.6 is 34.4 Å². The molecule has 1 aromatic carbocycles. The van der Waals surface area contributed by atoms with Crippen molar-refractivity contribution >= 4 is 56.4 Å². The largest absolute Gasteiger partial charge is 0.451 e. The lowest BCUT2D eigenvalue weighted by atomic mass is 10.1. The lowest BCUT2D eigenvalue weighted by Crippen LogP contribution is -2.26. The zero-order valence-corrected chi connectivity index (χ0v) is 16.6. The molecule has 0 saturated carbocycles. The Morgan fingerprint density at radius 3 is 2.88 bits per heavy atom. The van der Waals surface area contributed by atoms with Crippen molar-refractivity contribution < 1.29 is 9.21 Å². The molecule has 0 spiro atoms. The number of carbonyl (C=O) groups excluding carboxylic acids is 1. The first kappa shape index (κ1) is 17.3. The molecular formula is C18H15N3O2S3. The van der Waals surface area contributed by atoms with Gasteiger partial charge in [0.1, 0.15) is 9.92 Å². The number of thiazole rings is 2. The van der Waals surface area contributed by atoms with Crippen LogP contribution in [0.15, 0.2) is 50.0 Å². The number of aromatic nitrogens is 2. The number of thioether (sulfide) groups is 1. The van der Waals surface area contributed by atoms with Gasteiger partial charge in [-0.05, 0) is 13.0 Å². The minimum atomic E-state index is -0.193. The highest BCUT2D eigenvalue weighted by atomic mass is 32.2. The van der Waals surface area contributed by atoms with E-state index >= 15 is 0 Å². The summed E-state index contributed by atoms with van der Waals surface area (Å²) in [6, 6.07) is 7.74. The van der Waals surface area contributed by atoms with Crippen LogP contribution < -0.4 is 4.90 Å². The highest BCUT2D eigenvalue weighted by Crippen LogP contribution is 2.34. The summed E-state index contributed by atoms with van der Waals surface area (Å²) in [5, 5.41) is 5.48. The fourth-order valence-electron chi connectivity index (χ4n) is 2.57.